The summed E-state index contributed by atoms with van der Waals surface area (Å²) in [6.45, 7) is 8.70. The summed E-state index contributed by atoms with van der Waals surface area (Å²) < 4.78 is 2.24. The first-order chi connectivity index (χ1) is 11.6. The van der Waals surface area contributed by atoms with E-state index in [1.165, 1.54) is 37.2 Å². The second-order valence-electron chi connectivity index (χ2n) is 6.87. The highest BCUT2D eigenvalue weighted by Crippen LogP contribution is 2.30. The average molecular weight is 328 g/mol. The summed E-state index contributed by atoms with van der Waals surface area (Å²) in [7, 11) is 0. The number of benzene rings is 1. The van der Waals surface area contributed by atoms with Crippen LogP contribution in [-0.2, 0) is 13.0 Å². The topological polar surface area (TPSA) is 45.5 Å². The SMILES string of the molecule is CCCCn1c(C)c(CCN2CCCC2)c2cccc(C(=O)O)c21. The van der Waals surface area contributed by atoms with Gasteiger partial charge in [-0.2, -0.15) is 0 Å². The minimum absolute atomic E-state index is 0.430. The van der Waals surface area contributed by atoms with Gasteiger partial charge in [0.05, 0.1) is 11.1 Å². The van der Waals surface area contributed by atoms with Crippen LogP contribution in [0.1, 0.15) is 54.2 Å². The number of carboxylic acids is 1. The number of carboxylic acid groups (broad SMARTS) is 1. The monoisotopic (exact) mass is 328 g/mol. The molecule has 130 valence electrons. The number of nitrogens with zero attached hydrogens (tertiary/aromatic N) is 2. The second-order valence-corrected chi connectivity index (χ2v) is 6.87. The van der Waals surface area contributed by atoms with Gasteiger partial charge in [0.15, 0.2) is 0 Å². The molecule has 0 radical (unpaired) electrons. The molecular weight excluding hydrogens is 300 g/mol. The van der Waals surface area contributed by atoms with Crippen LogP contribution in [0.2, 0.25) is 0 Å². The molecule has 3 rings (SSSR count). The quantitative estimate of drug-likeness (QED) is 0.833. The molecule has 4 heteroatoms. The molecule has 0 unspecified atom stereocenters. The fourth-order valence-corrected chi connectivity index (χ4v) is 3.96. The predicted molar refractivity (Wildman–Crippen MR) is 97.9 cm³/mol. The molecule has 4 nitrogen and oxygen atoms in total. The van der Waals surface area contributed by atoms with Crippen molar-refractivity contribution in [2.24, 2.45) is 0 Å². The zero-order valence-corrected chi connectivity index (χ0v) is 14.8. The van der Waals surface area contributed by atoms with Crippen molar-refractivity contribution in [1.82, 2.24) is 9.47 Å². The number of fused-ring (bicyclic) bond motifs is 1. The van der Waals surface area contributed by atoms with Gasteiger partial charge in [0.1, 0.15) is 0 Å². The minimum Gasteiger partial charge on any atom is -0.478 e. The van der Waals surface area contributed by atoms with Crippen LogP contribution in [0.5, 0.6) is 0 Å². The lowest BCUT2D eigenvalue weighted by Crippen LogP contribution is -2.22. The minimum atomic E-state index is -0.832. The fraction of sp³-hybridized carbons (Fsp3) is 0.550. The molecule has 1 saturated heterocycles. The molecule has 0 atom stereocenters. The number of para-hydroxylation sites is 1. The van der Waals surface area contributed by atoms with E-state index in [1.807, 2.05) is 6.07 Å². The van der Waals surface area contributed by atoms with E-state index >= 15 is 0 Å². The van der Waals surface area contributed by atoms with Crippen LogP contribution in [0.15, 0.2) is 18.2 Å². The smallest absolute Gasteiger partial charge is 0.337 e. The van der Waals surface area contributed by atoms with Crippen LogP contribution in [0.4, 0.5) is 0 Å². The summed E-state index contributed by atoms with van der Waals surface area (Å²) in [5, 5.41) is 10.7. The molecule has 1 N–H and O–H groups in total. The van der Waals surface area contributed by atoms with Gasteiger partial charge in [0.25, 0.3) is 0 Å². The van der Waals surface area contributed by atoms with Crippen LogP contribution in [-0.4, -0.2) is 40.2 Å². The normalized spacial score (nSPS) is 15.4. The Morgan fingerprint density at radius 3 is 2.62 bits per heavy atom. The third-order valence-electron chi connectivity index (χ3n) is 5.32. The summed E-state index contributed by atoms with van der Waals surface area (Å²) in [5.41, 5.74) is 3.91. The first-order valence-corrected chi connectivity index (χ1v) is 9.19. The molecule has 2 aromatic rings. The predicted octanol–water partition coefficient (Wildman–Crippen LogP) is 4.09. The Hall–Kier alpha value is -1.81. The van der Waals surface area contributed by atoms with Crippen molar-refractivity contribution >= 4 is 16.9 Å². The molecular formula is C20H28N2O2. The highest BCUT2D eigenvalue weighted by Gasteiger charge is 2.20. The van der Waals surface area contributed by atoms with Crippen LogP contribution < -0.4 is 0 Å². The Labute approximate surface area is 144 Å². The summed E-state index contributed by atoms with van der Waals surface area (Å²) in [6, 6.07) is 5.71. The van der Waals surface area contributed by atoms with E-state index in [1.54, 1.807) is 6.07 Å². The Balaban J connectivity index is 2.02. The second kappa shape index (κ2) is 7.39. The molecule has 0 bridgehead atoms. The fourth-order valence-electron chi connectivity index (χ4n) is 3.96. The number of rotatable bonds is 7. The third-order valence-corrected chi connectivity index (χ3v) is 5.32. The molecule has 0 saturated carbocycles. The Morgan fingerprint density at radius 2 is 1.96 bits per heavy atom. The molecule has 0 spiro atoms. The van der Waals surface area contributed by atoms with Crippen LogP contribution in [0.3, 0.4) is 0 Å². The summed E-state index contributed by atoms with van der Waals surface area (Å²) in [4.78, 5) is 14.2. The van der Waals surface area contributed by atoms with E-state index in [-0.39, 0.29) is 0 Å². The van der Waals surface area contributed by atoms with E-state index in [2.05, 4.69) is 29.4 Å². The largest absolute Gasteiger partial charge is 0.478 e. The van der Waals surface area contributed by atoms with E-state index in [9.17, 15) is 9.90 Å². The standard InChI is InChI=1S/C20H28N2O2/c1-3-4-13-22-15(2)16(10-14-21-11-5-6-12-21)17-8-7-9-18(19(17)22)20(23)24/h7-9H,3-6,10-14H2,1-2H3,(H,23,24). The molecule has 1 aliphatic rings. The number of aromatic nitrogens is 1. The molecule has 0 amide bonds. The Kier molecular flexibility index (Phi) is 5.24. The summed E-state index contributed by atoms with van der Waals surface area (Å²) in [5.74, 6) is -0.832. The number of aromatic carboxylic acids is 1. The van der Waals surface area contributed by atoms with E-state index in [4.69, 9.17) is 0 Å². The lowest BCUT2D eigenvalue weighted by molar-refractivity contribution is 0.0698. The molecule has 1 fully saturated rings. The van der Waals surface area contributed by atoms with Crippen LogP contribution in [0.25, 0.3) is 10.9 Å². The zero-order valence-electron chi connectivity index (χ0n) is 14.8. The summed E-state index contributed by atoms with van der Waals surface area (Å²) in [6.07, 6.45) is 5.80. The van der Waals surface area contributed by atoms with Gasteiger partial charge in [0.2, 0.25) is 0 Å². The lowest BCUT2D eigenvalue weighted by Gasteiger charge is -2.14. The summed E-state index contributed by atoms with van der Waals surface area (Å²) >= 11 is 0. The number of hydrogen-bond acceptors (Lipinski definition) is 2. The molecule has 1 aromatic heterocycles. The number of likely N-dealkylation sites (tertiary alicyclic amines) is 1. The van der Waals surface area contributed by atoms with Crippen molar-refractivity contribution in [1.29, 1.82) is 0 Å². The molecule has 0 aliphatic carbocycles. The molecule has 24 heavy (non-hydrogen) atoms. The van der Waals surface area contributed by atoms with Gasteiger partial charge in [-0.3, -0.25) is 0 Å². The number of aryl methyl sites for hydroxylation is 1. The van der Waals surface area contributed by atoms with Crippen molar-refractivity contribution in [2.45, 2.75) is 52.5 Å². The van der Waals surface area contributed by atoms with Gasteiger partial charge >= 0.3 is 5.97 Å². The van der Waals surface area contributed by atoms with Gasteiger partial charge in [0, 0.05) is 24.2 Å². The van der Waals surface area contributed by atoms with Gasteiger partial charge in [-0.25, -0.2) is 4.79 Å². The van der Waals surface area contributed by atoms with Gasteiger partial charge in [-0.1, -0.05) is 25.5 Å². The van der Waals surface area contributed by atoms with Crippen molar-refractivity contribution in [3.05, 3.63) is 35.0 Å². The Morgan fingerprint density at radius 1 is 1.21 bits per heavy atom. The maximum absolute atomic E-state index is 11.7. The van der Waals surface area contributed by atoms with Gasteiger partial charge < -0.3 is 14.6 Å². The van der Waals surface area contributed by atoms with Crippen LogP contribution in [0, 0.1) is 6.92 Å². The highest BCUT2D eigenvalue weighted by molar-refractivity contribution is 6.03. The van der Waals surface area contributed by atoms with Crippen LogP contribution >= 0.6 is 0 Å². The number of hydrogen-bond donors (Lipinski definition) is 1. The molecule has 2 heterocycles. The number of carbonyl (C=O) groups is 1. The average Bonchev–Trinajstić information content (AvgIpc) is 3.17. The molecule has 1 aromatic carbocycles. The first-order valence-electron chi connectivity index (χ1n) is 9.19. The highest BCUT2D eigenvalue weighted by atomic mass is 16.4. The maximum atomic E-state index is 11.7. The number of unbranched alkanes of at least 4 members (excludes halogenated alkanes) is 1. The third kappa shape index (κ3) is 3.20. The van der Waals surface area contributed by atoms with E-state index in [0.717, 1.165) is 43.3 Å². The van der Waals surface area contributed by atoms with Crippen molar-refractivity contribution < 1.29 is 9.90 Å². The van der Waals surface area contributed by atoms with Crippen molar-refractivity contribution in [2.75, 3.05) is 19.6 Å². The zero-order chi connectivity index (χ0) is 17.1. The maximum Gasteiger partial charge on any atom is 0.337 e. The van der Waals surface area contributed by atoms with Gasteiger partial charge in [-0.05, 0) is 57.3 Å². The van der Waals surface area contributed by atoms with Crippen molar-refractivity contribution in [3.63, 3.8) is 0 Å². The lowest BCUT2D eigenvalue weighted by atomic mass is 10.1. The molecule has 1 aliphatic heterocycles. The van der Waals surface area contributed by atoms with E-state index in [0.29, 0.717) is 5.56 Å². The van der Waals surface area contributed by atoms with Crippen molar-refractivity contribution in [3.8, 4) is 0 Å². The van der Waals surface area contributed by atoms with E-state index < -0.39 is 5.97 Å². The Bertz CT molecular complexity index is 727. The van der Waals surface area contributed by atoms with Gasteiger partial charge in [-0.15, -0.1) is 0 Å². The first kappa shape index (κ1) is 17.0.